The summed E-state index contributed by atoms with van der Waals surface area (Å²) >= 11 is 0. The highest BCUT2D eigenvalue weighted by Gasteiger charge is 2.13. The summed E-state index contributed by atoms with van der Waals surface area (Å²) in [6, 6.07) is 16.3. The molecule has 0 saturated heterocycles. The van der Waals surface area contributed by atoms with Crippen LogP contribution in [0.25, 0.3) is 22.7 Å². The summed E-state index contributed by atoms with van der Waals surface area (Å²) in [6.45, 7) is 5.60. The fraction of sp³-hybridized carbons (Fsp3) is 0.0556. The first kappa shape index (κ1) is 13.2. The number of anilines is 1. The number of fused-ring (bicyclic) bond motifs is 1. The summed E-state index contributed by atoms with van der Waals surface area (Å²) in [5.74, 6) is 0. The molecule has 0 radical (unpaired) electrons. The lowest BCUT2D eigenvalue weighted by atomic mass is 10.1. The SMILES string of the molecule is C=N/C=C\c1c(C)n(-c2ccccc2)c2ccc(N)cc12. The van der Waals surface area contributed by atoms with Crippen molar-refractivity contribution in [1.29, 1.82) is 0 Å². The minimum absolute atomic E-state index is 0.758. The van der Waals surface area contributed by atoms with Crippen LogP contribution in [0, 0.1) is 6.92 Å². The first-order valence-electron chi connectivity index (χ1n) is 6.80. The summed E-state index contributed by atoms with van der Waals surface area (Å²) in [4.78, 5) is 3.81. The Balaban J connectivity index is 2.37. The van der Waals surface area contributed by atoms with Crippen LogP contribution in [0.1, 0.15) is 11.3 Å². The van der Waals surface area contributed by atoms with E-state index in [0.29, 0.717) is 0 Å². The van der Waals surface area contributed by atoms with E-state index in [1.807, 2.05) is 36.4 Å². The minimum atomic E-state index is 0.758. The first-order chi connectivity index (χ1) is 10.2. The number of benzene rings is 2. The second-order valence-electron chi connectivity index (χ2n) is 4.94. The van der Waals surface area contributed by atoms with E-state index in [1.165, 1.54) is 0 Å². The molecule has 3 nitrogen and oxygen atoms in total. The highest BCUT2D eigenvalue weighted by atomic mass is 15.0. The molecule has 1 heterocycles. The van der Waals surface area contributed by atoms with E-state index in [4.69, 9.17) is 5.73 Å². The first-order valence-corrected chi connectivity index (χ1v) is 6.80. The lowest BCUT2D eigenvalue weighted by Crippen LogP contribution is -1.96. The van der Waals surface area contributed by atoms with Crippen LogP contribution in [0.4, 0.5) is 5.69 Å². The van der Waals surface area contributed by atoms with E-state index in [1.54, 1.807) is 6.20 Å². The van der Waals surface area contributed by atoms with Gasteiger partial charge in [0.2, 0.25) is 0 Å². The molecule has 104 valence electrons. The molecule has 0 amide bonds. The number of aliphatic imine (C=N–C) groups is 1. The Morgan fingerprint density at radius 1 is 1.14 bits per heavy atom. The number of rotatable bonds is 3. The van der Waals surface area contributed by atoms with Crippen LogP contribution in [-0.2, 0) is 0 Å². The standard InChI is InChI=1S/C18H17N3/c1-13-16(10-11-20-2)17-12-14(19)8-9-18(17)21(13)15-6-4-3-5-7-15/h3-12H,2,19H2,1H3/b11-10-. The maximum Gasteiger partial charge on any atom is 0.0539 e. The van der Waals surface area contributed by atoms with Gasteiger partial charge in [-0.2, -0.15) is 0 Å². The van der Waals surface area contributed by atoms with Gasteiger partial charge in [-0.3, -0.25) is 4.99 Å². The smallest absolute Gasteiger partial charge is 0.0539 e. The Morgan fingerprint density at radius 3 is 2.62 bits per heavy atom. The van der Waals surface area contributed by atoms with Gasteiger partial charge in [0.25, 0.3) is 0 Å². The van der Waals surface area contributed by atoms with E-state index >= 15 is 0 Å². The van der Waals surface area contributed by atoms with Gasteiger partial charge in [-0.15, -0.1) is 0 Å². The Hall–Kier alpha value is -2.81. The average molecular weight is 275 g/mol. The van der Waals surface area contributed by atoms with Crippen molar-refractivity contribution in [3.05, 3.63) is 66.0 Å². The van der Waals surface area contributed by atoms with Gasteiger partial charge >= 0.3 is 0 Å². The molecule has 21 heavy (non-hydrogen) atoms. The zero-order chi connectivity index (χ0) is 14.8. The van der Waals surface area contributed by atoms with Crippen molar-refractivity contribution in [2.75, 3.05) is 5.73 Å². The normalized spacial score (nSPS) is 11.3. The highest BCUT2D eigenvalue weighted by Crippen LogP contribution is 2.31. The molecule has 0 aliphatic carbocycles. The van der Waals surface area contributed by atoms with Gasteiger partial charge in [-0.25, -0.2) is 0 Å². The second kappa shape index (κ2) is 5.29. The Morgan fingerprint density at radius 2 is 1.90 bits per heavy atom. The van der Waals surface area contributed by atoms with Gasteiger partial charge < -0.3 is 10.3 Å². The molecule has 3 rings (SSSR count). The number of para-hydroxylation sites is 1. The van der Waals surface area contributed by atoms with Crippen LogP contribution in [0.3, 0.4) is 0 Å². The maximum atomic E-state index is 5.95. The molecule has 3 aromatic rings. The number of nitrogens with two attached hydrogens (primary N) is 1. The van der Waals surface area contributed by atoms with Gasteiger partial charge in [-0.05, 0) is 50.0 Å². The Bertz CT molecular complexity index is 827. The molecule has 0 atom stereocenters. The molecule has 2 N–H and O–H groups in total. The predicted octanol–water partition coefficient (Wildman–Crippen LogP) is 4.19. The summed E-state index contributed by atoms with van der Waals surface area (Å²) < 4.78 is 2.23. The molecule has 0 unspecified atom stereocenters. The third-order valence-corrected chi connectivity index (χ3v) is 3.64. The molecule has 0 saturated carbocycles. The monoisotopic (exact) mass is 275 g/mol. The molecular weight excluding hydrogens is 258 g/mol. The summed E-state index contributed by atoms with van der Waals surface area (Å²) in [6.07, 6.45) is 3.68. The van der Waals surface area contributed by atoms with E-state index < -0.39 is 0 Å². The van der Waals surface area contributed by atoms with Crippen LogP contribution in [0.2, 0.25) is 0 Å². The summed E-state index contributed by atoms with van der Waals surface area (Å²) in [5.41, 5.74) is 11.3. The van der Waals surface area contributed by atoms with Crippen molar-refractivity contribution in [3.8, 4) is 5.69 Å². The molecule has 0 bridgehead atoms. The number of aromatic nitrogens is 1. The van der Waals surface area contributed by atoms with Gasteiger partial charge in [0.05, 0.1) is 5.52 Å². The van der Waals surface area contributed by atoms with Crippen LogP contribution >= 0.6 is 0 Å². The lowest BCUT2D eigenvalue weighted by Gasteiger charge is -2.08. The molecule has 0 spiro atoms. The quantitative estimate of drug-likeness (QED) is 0.565. The van der Waals surface area contributed by atoms with Crippen molar-refractivity contribution in [1.82, 2.24) is 4.57 Å². The van der Waals surface area contributed by atoms with E-state index in [9.17, 15) is 0 Å². The van der Waals surface area contributed by atoms with E-state index in [2.05, 4.69) is 41.4 Å². The zero-order valence-electron chi connectivity index (χ0n) is 12.0. The van der Waals surface area contributed by atoms with Gasteiger partial charge in [0.15, 0.2) is 0 Å². The number of hydrogen-bond donors (Lipinski definition) is 1. The molecule has 0 fully saturated rings. The van der Waals surface area contributed by atoms with Crippen molar-refractivity contribution in [2.24, 2.45) is 4.99 Å². The van der Waals surface area contributed by atoms with Crippen LogP contribution < -0.4 is 5.73 Å². The second-order valence-corrected chi connectivity index (χ2v) is 4.94. The maximum absolute atomic E-state index is 5.95. The molecule has 3 heteroatoms. The van der Waals surface area contributed by atoms with Crippen LogP contribution in [-0.4, -0.2) is 11.3 Å². The largest absolute Gasteiger partial charge is 0.399 e. The number of hydrogen-bond acceptors (Lipinski definition) is 2. The summed E-state index contributed by atoms with van der Waals surface area (Å²) in [7, 11) is 0. The van der Waals surface area contributed by atoms with Crippen molar-refractivity contribution in [2.45, 2.75) is 6.92 Å². The zero-order valence-corrected chi connectivity index (χ0v) is 12.0. The molecular formula is C18H17N3. The number of nitrogen functional groups attached to an aromatic ring is 1. The topological polar surface area (TPSA) is 43.3 Å². The third-order valence-electron chi connectivity index (χ3n) is 3.64. The highest BCUT2D eigenvalue weighted by molar-refractivity contribution is 5.94. The van der Waals surface area contributed by atoms with Gasteiger partial charge in [0.1, 0.15) is 0 Å². The summed E-state index contributed by atoms with van der Waals surface area (Å²) in [5, 5.41) is 1.12. The fourth-order valence-corrected chi connectivity index (χ4v) is 2.71. The van der Waals surface area contributed by atoms with Crippen LogP contribution in [0.5, 0.6) is 0 Å². The van der Waals surface area contributed by atoms with E-state index in [-0.39, 0.29) is 0 Å². The van der Waals surface area contributed by atoms with Gasteiger partial charge in [0, 0.05) is 34.2 Å². The fourth-order valence-electron chi connectivity index (χ4n) is 2.71. The number of nitrogens with zero attached hydrogens (tertiary/aromatic N) is 2. The molecule has 0 aliphatic rings. The molecule has 2 aromatic carbocycles. The average Bonchev–Trinajstić information content (AvgIpc) is 2.77. The molecule has 0 aliphatic heterocycles. The predicted molar refractivity (Wildman–Crippen MR) is 91.0 cm³/mol. The minimum Gasteiger partial charge on any atom is -0.399 e. The van der Waals surface area contributed by atoms with Crippen molar-refractivity contribution < 1.29 is 0 Å². The van der Waals surface area contributed by atoms with Crippen LogP contribution in [0.15, 0.2) is 59.7 Å². The van der Waals surface area contributed by atoms with Crippen molar-refractivity contribution >= 4 is 29.4 Å². The van der Waals surface area contributed by atoms with E-state index in [0.717, 1.165) is 33.5 Å². The molecule has 1 aromatic heterocycles. The lowest BCUT2D eigenvalue weighted by molar-refractivity contribution is 1.05. The Kier molecular flexibility index (Phi) is 3.32. The third kappa shape index (κ3) is 2.23. The van der Waals surface area contributed by atoms with Crippen molar-refractivity contribution in [3.63, 3.8) is 0 Å². The Labute approximate surface area is 124 Å². The van der Waals surface area contributed by atoms with Gasteiger partial charge in [-0.1, -0.05) is 18.2 Å².